The van der Waals surface area contributed by atoms with Gasteiger partial charge in [0.05, 0.1) is 0 Å². The van der Waals surface area contributed by atoms with E-state index in [0.29, 0.717) is 0 Å². The van der Waals surface area contributed by atoms with Crippen molar-refractivity contribution < 1.29 is 24.7 Å². The maximum Gasteiger partial charge on any atom is 0.382 e. The second-order valence-corrected chi connectivity index (χ2v) is 32.9. The van der Waals surface area contributed by atoms with E-state index in [9.17, 15) is 0 Å². The number of benzene rings is 6. The second-order valence-electron chi connectivity index (χ2n) is 14.0. The summed E-state index contributed by atoms with van der Waals surface area (Å²) in [6, 6.07) is 59.4. The summed E-state index contributed by atoms with van der Waals surface area (Å²) < 4.78 is 47.3. The van der Waals surface area contributed by atoms with Crippen LogP contribution in [0.4, 0.5) is 0 Å². The zero-order chi connectivity index (χ0) is 42.2. The Morgan fingerprint density at radius 2 is 0.333 bits per heavy atom. The highest BCUT2D eigenvalue weighted by atomic mass is 28.5. The van der Waals surface area contributed by atoms with Crippen molar-refractivity contribution in [2.24, 2.45) is 0 Å². The molecule has 6 aromatic rings. The second kappa shape index (κ2) is 18.2. The van der Waals surface area contributed by atoms with Gasteiger partial charge in [0.15, 0.2) is 0 Å². The molecule has 0 aromatic heterocycles. The van der Waals surface area contributed by atoms with Crippen molar-refractivity contribution in [3.05, 3.63) is 256 Å². The maximum absolute atomic E-state index is 7.89. The first-order valence-corrected chi connectivity index (χ1v) is 31.0. The molecule has 60 heavy (non-hydrogen) atoms. The zero-order valence-corrected chi connectivity index (χ0v) is 39.5. The van der Waals surface area contributed by atoms with Crippen LogP contribution < -0.4 is 31.1 Å². The van der Waals surface area contributed by atoms with Gasteiger partial charge in [0.2, 0.25) is 0 Å². The van der Waals surface area contributed by atoms with Crippen molar-refractivity contribution in [2.45, 2.75) is 0 Å². The van der Waals surface area contributed by atoms with E-state index in [1.807, 2.05) is 182 Å². The Kier molecular flexibility index (Phi) is 13.0. The molecule has 0 aliphatic carbocycles. The lowest BCUT2D eigenvalue weighted by Gasteiger charge is -2.50. The molecule has 0 unspecified atom stereocenters. The van der Waals surface area contributed by atoms with Gasteiger partial charge in [-0.25, -0.2) is 0 Å². The average molecular weight is 889 g/mol. The summed E-state index contributed by atoms with van der Waals surface area (Å²) in [6.45, 7) is 26.9. The lowest BCUT2D eigenvalue weighted by atomic mass is 10.4. The summed E-state index contributed by atoms with van der Waals surface area (Å²) in [5.74, 6) is 0. The minimum atomic E-state index is -4.00. The van der Waals surface area contributed by atoms with E-state index in [0.717, 1.165) is 31.1 Å². The van der Waals surface area contributed by atoms with Crippen molar-refractivity contribution in [2.75, 3.05) is 0 Å². The summed E-state index contributed by atoms with van der Waals surface area (Å²) in [5, 5.41) is 4.70. The molecule has 300 valence electrons. The normalized spacial score (nSPS) is 28.4. The molecule has 0 saturated carbocycles. The molecule has 0 radical (unpaired) electrons. The van der Waals surface area contributed by atoms with Gasteiger partial charge in [0.25, 0.3) is 0 Å². The van der Waals surface area contributed by atoms with Crippen LogP contribution in [0.5, 0.6) is 0 Å². The van der Waals surface area contributed by atoms with Gasteiger partial charge in [-0.15, -0.1) is 39.5 Å². The highest BCUT2D eigenvalue weighted by molar-refractivity contribution is 7.11. The van der Waals surface area contributed by atoms with E-state index < -0.39 is 51.4 Å². The van der Waals surface area contributed by atoms with Crippen LogP contribution in [-0.2, 0) is 24.7 Å². The SMILES string of the molecule is C=C[Si]1(c2ccccc2)O[Si](C=C)(c2ccccc2)O[Si](C=C)(c2ccccc2)O[Si](C=C)(c2ccccc2)O[Si](C=C)(c2ccccc2)O[Si](C=C)(c2ccccc2)O1. The van der Waals surface area contributed by atoms with E-state index in [-0.39, 0.29) is 0 Å². The van der Waals surface area contributed by atoms with Gasteiger partial charge < -0.3 is 24.7 Å². The van der Waals surface area contributed by atoms with Crippen LogP contribution in [0.25, 0.3) is 0 Å². The fourth-order valence-electron chi connectivity index (χ4n) is 7.41. The predicted molar refractivity (Wildman–Crippen MR) is 259 cm³/mol. The molecule has 6 nitrogen and oxygen atoms in total. The Labute approximate surface area is 360 Å². The van der Waals surface area contributed by atoms with Crippen LogP contribution >= 0.6 is 0 Å². The van der Waals surface area contributed by atoms with E-state index in [2.05, 4.69) is 39.5 Å². The van der Waals surface area contributed by atoms with Gasteiger partial charge in [-0.3, -0.25) is 0 Å². The fourth-order valence-corrected chi connectivity index (χ4v) is 36.5. The molecule has 6 aromatic carbocycles. The molecule has 12 heteroatoms. The summed E-state index contributed by atoms with van der Waals surface area (Å²) in [6.07, 6.45) is 0. The highest BCUT2D eigenvalue weighted by Crippen LogP contribution is 2.34. The van der Waals surface area contributed by atoms with Gasteiger partial charge in [-0.05, 0) is 65.3 Å². The van der Waals surface area contributed by atoms with Crippen molar-refractivity contribution >= 4 is 82.5 Å². The average Bonchev–Trinajstić information content (AvgIpc) is 3.33. The van der Waals surface area contributed by atoms with Crippen molar-refractivity contribution in [3.8, 4) is 0 Å². The number of hydrogen-bond donors (Lipinski definition) is 0. The Hall–Kier alpha value is -5.18. The third kappa shape index (κ3) is 8.04. The molecular formula is C48H48O6Si6. The Morgan fingerprint density at radius 1 is 0.217 bits per heavy atom. The third-order valence-electron chi connectivity index (χ3n) is 10.5. The first-order chi connectivity index (χ1) is 29.2. The third-order valence-corrected chi connectivity index (χ3v) is 35.1. The molecule has 0 bridgehead atoms. The van der Waals surface area contributed by atoms with Crippen molar-refractivity contribution in [1.82, 2.24) is 0 Å². The van der Waals surface area contributed by atoms with Gasteiger partial charge in [0.1, 0.15) is 0 Å². The van der Waals surface area contributed by atoms with E-state index in [1.54, 1.807) is 34.2 Å². The summed E-state index contributed by atoms with van der Waals surface area (Å²) >= 11 is 0. The van der Waals surface area contributed by atoms with E-state index >= 15 is 0 Å². The molecule has 7 rings (SSSR count). The lowest BCUT2D eigenvalue weighted by molar-refractivity contribution is 0.266. The predicted octanol–water partition coefficient (Wildman–Crippen LogP) is 6.55. The first kappa shape index (κ1) is 42.9. The Balaban J connectivity index is 1.67. The Morgan fingerprint density at radius 3 is 0.433 bits per heavy atom. The molecule has 1 aliphatic rings. The van der Waals surface area contributed by atoms with Gasteiger partial charge in [-0.2, -0.15) is 0 Å². The van der Waals surface area contributed by atoms with Crippen LogP contribution in [0.3, 0.4) is 0 Å². The standard InChI is InChI=1S/C48H48O6Si6/c1-7-55(43-31-19-13-20-32-43)49-56(8-2,44-33-21-14-22-34-44)51-58(10-4,46-37-25-16-26-38-46)53-60(12-6,48-41-29-18-30-42-48)54-59(11-5,47-39-27-17-28-40-47)52-57(9-3,50-55)45-35-23-15-24-36-45/h7-42H,1-6H2. The van der Waals surface area contributed by atoms with E-state index in [1.165, 1.54) is 0 Å². The summed E-state index contributed by atoms with van der Waals surface area (Å²) in [5.41, 5.74) is 10.8. The zero-order valence-electron chi connectivity index (χ0n) is 33.5. The monoisotopic (exact) mass is 888 g/mol. The topological polar surface area (TPSA) is 55.4 Å². The van der Waals surface area contributed by atoms with Crippen LogP contribution in [0, 0.1) is 0 Å². The first-order valence-electron chi connectivity index (χ1n) is 19.6. The fraction of sp³-hybridized carbons (Fsp3) is 0. The molecule has 1 heterocycles. The lowest BCUT2D eigenvalue weighted by Crippen LogP contribution is -2.78. The number of hydrogen-bond acceptors (Lipinski definition) is 6. The van der Waals surface area contributed by atoms with Crippen LogP contribution in [0.2, 0.25) is 0 Å². The highest BCUT2D eigenvalue weighted by Gasteiger charge is 2.63. The molecule has 0 atom stereocenters. The largest absolute Gasteiger partial charge is 0.403 e. The van der Waals surface area contributed by atoms with Gasteiger partial charge >= 0.3 is 51.4 Å². The summed E-state index contributed by atoms with van der Waals surface area (Å²) in [4.78, 5) is 0. The Bertz CT molecular complexity index is 1970. The molecule has 1 fully saturated rings. The molecule has 1 aliphatic heterocycles. The molecule has 0 N–H and O–H groups in total. The maximum atomic E-state index is 7.89. The molecule has 1 saturated heterocycles. The smallest absolute Gasteiger partial charge is 0.382 e. The minimum absolute atomic E-state index is 0.783. The van der Waals surface area contributed by atoms with Crippen LogP contribution in [0.1, 0.15) is 0 Å². The summed E-state index contributed by atoms with van der Waals surface area (Å²) in [7, 11) is -24.0. The van der Waals surface area contributed by atoms with Crippen molar-refractivity contribution in [3.63, 3.8) is 0 Å². The van der Waals surface area contributed by atoms with Crippen LogP contribution in [0.15, 0.2) is 256 Å². The number of rotatable bonds is 12. The minimum Gasteiger partial charge on any atom is -0.403 e. The van der Waals surface area contributed by atoms with Gasteiger partial charge in [0, 0.05) is 0 Å². The van der Waals surface area contributed by atoms with Gasteiger partial charge in [-0.1, -0.05) is 182 Å². The quantitative estimate of drug-likeness (QED) is 0.130. The molecular weight excluding hydrogens is 841 g/mol. The van der Waals surface area contributed by atoms with Crippen LogP contribution in [-0.4, -0.2) is 51.4 Å². The molecule has 0 amide bonds. The molecule has 0 spiro atoms. The van der Waals surface area contributed by atoms with E-state index in [4.69, 9.17) is 24.7 Å². The van der Waals surface area contributed by atoms with Crippen molar-refractivity contribution in [1.29, 1.82) is 0 Å².